The first-order chi connectivity index (χ1) is 7.93. The van der Waals surface area contributed by atoms with Crippen LogP contribution in [0.25, 0.3) is 0 Å². The zero-order valence-electron chi connectivity index (χ0n) is 10.6. The number of benzene rings is 1. The maximum Gasteiger partial charge on any atom is 0.175 e. The summed E-state index contributed by atoms with van der Waals surface area (Å²) in [7, 11) is -3.12. The topological polar surface area (TPSA) is 43.4 Å². The van der Waals surface area contributed by atoms with Gasteiger partial charge in [0.2, 0.25) is 0 Å². The van der Waals surface area contributed by atoms with Gasteiger partial charge in [0.05, 0.1) is 11.0 Å². The Morgan fingerprint density at radius 3 is 2.29 bits per heavy atom. The van der Waals surface area contributed by atoms with E-state index in [9.17, 15) is 8.42 Å². The molecule has 1 aromatic rings. The number of rotatable bonds is 6. The summed E-state index contributed by atoms with van der Waals surface area (Å²) >= 11 is 0. The van der Waals surface area contributed by atoms with Gasteiger partial charge in [-0.3, -0.25) is 0 Å². The predicted molar refractivity (Wildman–Crippen MR) is 69.2 cm³/mol. The van der Waals surface area contributed by atoms with E-state index in [1.807, 2.05) is 6.92 Å². The Kier molecular flexibility index (Phi) is 5.00. The molecule has 0 aliphatic carbocycles. The van der Waals surface area contributed by atoms with Crippen molar-refractivity contribution in [3.05, 3.63) is 24.3 Å². The van der Waals surface area contributed by atoms with Gasteiger partial charge in [-0.2, -0.15) is 0 Å². The standard InChI is InChI=1S/C13H20O3S/c1-4-5-6-11(2)16-12-7-9-13(10-8-12)17(3,14)15/h7-11H,4-6H2,1-3H3. The lowest BCUT2D eigenvalue weighted by molar-refractivity contribution is 0.207. The Morgan fingerprint density at radius 2 is 1.82 bits per heavy atom. The van der Waals surface area contributed by atoms with Gasteiger partial charge < -0.3 is 4.74 Å². The molecule has 1 rings (SSSR count). The molecular formula is C13H20O3S. The first-order valence-corrected chi connectivity index (χ1v) is 7.79. The smallest absolute Gasteiger partial charge is 0.175 e. The van der Waals surface area contributed by atoms with Crippen molar-refractivity contribution in [2.75, 3.05) is 6.26 Å². The van der Waals surface area contributed by atoms with Crippen molar-refractivity contribution in [2.45, 2.75) is 44.1 Å². The Bertz CT molecular complexity index is 434. The molecule has 0 amide bonds. The SMILES string of the molecule is CCCCC(C)Oc1ccc(S(C)(=O)=O)cc1. The van der Waals surface area contributed by atoms with E-state index in [4.69, 9.17) is 4.74 Å². The van der Waals surface area contributed by atoms with Gasteiger partial charge in [-0.1, -0.05) is 19.8 Å². The van der Waals surface area contributed by atoms with Gasteiger partial charge in [-0.05, 0) is 37.6 Å². The van der Waals surface area contributed by atoms with Crippen LogP contribution < -0.4 is 4.74 Å². The maximum atomic E-state index is 11.3. The van der Waals surface area contributed by atoms with Gasteiger partial charge >= 0.3 is 0 Å². The van der Waals surface area contributed by atoms with Crippen LogP contribution in [-0.4, -0.2) is 20.8 Å². The third kappa shape index (κ3) is 4.77. The first kappa shape index (κ1) is 14.0. The predicted octanol–water partition coefficient (Wildman–Crippen LogP) is 3.05. The number of ether oxygens (including phenoxy) is 1. The summed E-state index contributed by atoms with van der Waals surface area (Å²) < 4.78 is 28.2. The average molecular weight is 256 g/mol. The van der Waals surface area contributed by atoms with Crippen LogP contribution in [0, 0.1) is 0 Å². The zero-order valence-corrected chi connectivity index (χ0v) is 11.5. The van der Waals surface area contributed by atoms with Crippen LogP contribution in [0.2, 0.25) is 0 Å². The molecule has 1 atom stereocenters. The molecule has 0 aliphatic heterocycles. The maximum absolute atomic E-state index is 11.3. The normalized spacial score (nSPS) is 13.4. The minimum Gasteiger partial charge on any atom is -0.491 e. The zero-order chi connectivity index (χ0) is 12.9. The van der Waals surface area contributed by atoms with Crippen molar-refractivity contribution in [1.82, 2.24) is 0 Å². The fraction of sp³-hybridized carbons (Fsp3) is 0.538. The van der Waals surface area contributed by atoms with Crippen molar-refractivity contribution in [3.8, 4) is 5.75 Å². The molecule has 4 heteroatoms. The second-order valence-corrected chi connectivity index (χ2v) is 6.33. The van der Waals surface area contributed by atoms with Crippen LogP contribution in [0.1, 0.15) is 33.1 Å². The second kappa shape index (κ2) is 6.05. The lowest BCUT2D eigenvalue weighted by atomic mass is 10.2. The van der Waals surface area contributed by atoms with E-state index in [2.05, 4.69) is 6.92 Å². The van der Waals surface area contributed by atoms with Gasteiger partial charge in [0.25, 0.3) is 0 Å². The fourth-order valence-electron chi connectivity index (χ4n) is 1.55. The van der Waals surface area contributed by atoms with Gasteiger partial charge in [-0.15, -0.1) is 0 Å². The molecule has 0 spiro atoms. The molecule has 0 saturated carbocycles. The fourth-order valence-corrected chi connectivity index (χ4v) is 2.18. The summed E-state index contributed by atoms with van der Waals surface area (Å²) in [6.07, 6.45) is 4.68. The van der Waals surface area contributed by atoms with E-state index >= 15 is 0 Å². The first-order valence-electron chi connectivity index (χ1n) is 5.90. The lowest BCUT2D eigenvalue weighted by Gasteiger charge is -2.14. The van der Waals surface area contributed by atoms with Crippen LogP contribution in [0.5, 0.6) is 5.75 Å². The minimum absolute atomic E-state index is 0.166. The molecule has 96 valence electrons. The van der Waals surface area contributed by atoms with Gasteiger partial charge in [0.1, 0.15) is 5.75 Å². The third-order valence-electron chi connectivity index (χ3n) is 2.55. The Hall–Kier alpha value is -1.03. The molecule has 0 bridgehead atoms. The number of sulfone groups is 1. The van der Waals surface area contributed by atoms with E-state index < -0.39 is 9.84 Å². The highest BCUT2D eigenvalue weighted by molar-refractivity contribution is 7.90. The Morgan fingerprint density at radius 1 is 1.24 bits per heavy atom. The minimum atomic E-state index is -3.12. The number of hydrogen-bond donors (Lipinski definition) is 0. The van der Waals surface area contributed by atoms with Crippen LogP contribution in [0.4, 0.5) is 0 Å². The highest BCUT2D eigenvalue weighted by atomic mass is 32.2. The molecule has 1 aromatic carbocycles. The quantitative estimate of drug-likeness (QED) is 0.785. The summed E-state index contributed by atoms with van der Waals surface area (Å²) in [5, 5.41) is 0. The van der Waals surface area contributed by atoms with E-state index in [0.29, 0.717) is 4.90 Å². The molecule has 17 heavy (non-hydrogen) atoms. The average Bonchev–Trinajstić information content (AvgIpc) is 2.26. The monoisotopic (exact) mass is 256 g/mol. The summed E-state index contributed by atoms with van der Waals surface area (Å²) in [6, 6.07) is 6.58. The molecular weight excluding hydrogens is 236 g/mol. The van der Waals surface area contributed by atoms with Crippen LogP contribution in [-0.2, 0) is 9.84 Å². The molecule has 0 aromatic heterocycles. The summed E-state index contributed by atoms with van der Waals surface area (Å²) in [6.45, 7) is 4.17. The summed E-state index contributed by atoms with van der Waals surface area (Å²) in [4.78, 5) is 0.325. The molecule has 0 N–H and O–H groups in total. The molecule has 0 saturated heterocycles. The van der Waals surface area contributed by atoms with E-state index in [1.165, 1.54) is 6.26 Å². The van der Waals surface area contributed by atoms with Crippen molar-refractivity contribution < 1.29 is 13.2 Å². The van der Waals surface area contributed by atoms with Crippen LogP contribution >= 0.6 is 0 Å². The van der Waals surface area contributed by atoms with Gasteiger partial charge in [0.15, 0.2) is 9.84 Å². The van der Waals surface area contributed by atoms with Crippen LogP contribution in [0.15, 0.2) is 29.2 Å². The molecule has 3 nitrogen and oxygen atoms in total. The highest BCUT2D eigenvalue weighted by Crippen LogP contribution is 2.18. The van der Waals surface area contributed by atoms with Crippen molar-refractivity contribution in [3.63, 3.8) is 0 Å². The van der Waals surface area contributed by atoms with E-state index in [-0.39, 0.29) is 6.10 Å². The second-order valence-electron chi connectivity index (χ2n) is 4.31. The number of unbranched alkanes of at least 4 members (excludes halogenated alkanes) is 1. The highest BCUT2D eigenvalue weighted by Gasteiger charge is 2.08. The van der Waals surface area contributed by atoms with E-state index in [0.717, 1.165) is 25.0 Å². The molecule has 1 unspecified atom stereocenters. The third-order valence-corrected chi connectivity index (χ3v) is 3.68. The summed E-state index contributed by atoms with van der Waals surface area (Å²) in [5.41, 5.74) is 0. The van der Waals surface area contributed by atoms with Crippen molar-refractivity contribution >= 4 is 9.84 Å². The lowest BCUT2D eigenvalue weighted by Crippen LogP contribution is -2.11. The van der Waals surface area contributed by atoms with Crippen molar-refractivity contribution in [2.24, 2.45) is 0 Å². The number of hydrogen-bond acceptors (Lipinski definition) is 3. The Balaban J connectivity index is 2.63. The Labute approximate surface area is 104 Å². The van der Waals surface area contributed by atoms with Gasteiger partial charge in [0, 0.05) is 6.26 Å². The largest absolute Gasteiger partial charge is 0.491 e. The molecule has 0 fully saturated rings. The van der Waals surface area contributed by atoms with Crippen LogP contribution in [0.3, 0.4) is 0 Å². The van der Waals surface area contributed by atoms with Crippen molar-refractivity contribution in [1.29, 1.82) is 0 Å². The van der Waals surface area contributed by atoms with Gasteiger partial charge in [-0.25, -0.2) is 8.42 Å². The summed E-state index contributed by atoms with van der Waals surface area (Å²) in [5.74, 6) is 0.723. The molecule has 0 radical (unpaired) electrons. The molecule has 0 aliphatic rings. The molecule has 0 heterocycles. The van der Waals surface area contributed by atoms with E-state index in [1.54, 1.807) is 24.3 Å².